The van der Waals surface area contributed by atoms with Crippen LogP contribution in [0.25, 0.3) is 10.4 Å². The molecule has 1 aliphatic heterocycles. The van der Waals surface area contributed by atoms with E-state index in [9.17, 15) is 0 Å². The number of nitrogens with zero attached hydrogens (tertiary/aromatic N) is 3. The van der Waals surface area contributed by atoms with E-state index in [1.54, 1.807) is 0 Å². The van der Waals surface area contributed by atoms with E-state index in [1.165, 1.54) is 19.3 Å². The predicted octanol–water partition coefficient (Wildman–Crippen LogP) is 2.11. The van der Waals surface area contributed by atoms with Crippen LogP contribution >= 0.6 is 12.4 Å². The zero-order chi connectivity index (χ0) is 8.44. The molecule has 2 aliphatic rings. The van der Waals surface area contributed by atoms with Crippen LogP contribution in [0.15, 0.2) is 5.11 Å². The Morgan fingerprint density at radius 1 is 1.54 bits per heavy atom. The summed E-state index contributed by atoms with van der Waals surface area (Å²) in [7, 11) is 0. The van der Waals surface area contributed by atoms with Gasteiger partial charge in [-0.25, -0.2) is 0 Å². The third-order valence-corrected chi connectivity index (χ3v) is 3.45. The maximum atomic E-state index is 8.23. The fraction of sp³-hybridized carbons (Fsp3) is 1.00. The van der Waals surface area contributed by atoms with Crippen LogP contribution in [0.3, 0.4) is 0 Å². The lowest BCUT2D eigenvalue weighted by molar-refractivity contribution is 0.103. The highest BCUT2D eigenvalue weighted by atomic mass is 35.5. The van der Waals surface area contributed by atoms with Crippen LogP contribution in [0.5, 0.6) is 0 Å². The van der Waals surface area contributed by atoms with Gasteiger partial charge >= 0.3 is 0 Å². The first-order valence-electron chi connectivity index (χ1n) is 4.59. The van der Waals surface area contributed by atoms with Crippen molar-refractivity contribution >= 4 is 12.4 Å². The first-order valence-corrected chi connectivity index (χ1v) is 4.59. The van der Waals surface area contributed by atoms with Gasteiger partial charge in [-0.3, -0.25) is 0 Å². The van der Waals surface area contributed by atoms with Gasteiger partial charge in [-0.05, 0) is 36.3 Å². The van der Waals surface area contributed by atoms with E-state index in [1.807, 2.05) is 0 Å². The van der Waals surface area contributed by atoms with Crippen molar-refractivity contribution in [1.82, 2.24) is 5.32 Å². The number of halogens is 1. The van der Waals surface area contributed by atoms with E-state index in [-0.39, 0.29) is 12.4 Å². The number of hydrogen-bond acceptors (Lipinski definition) is 2. The van der Waals surface area contributed by atoms with Crippen LogP contribution in [0, 0.1) is 11.3 Å². The smallest absolute Gasteiger partial charge is 0.0304 e. The summed E-state index contributed by atoms with van der Waals surface area (Å²) in [6.45, 7) is 2.86. The van der Waals surface area contributed by atoms with Crippen molar-refractivity contribution < 1.29 is 0 Å². The van der Waals surface area contributed by atoms with Gasteiger partial charge in [0.25, 0.3) is 0 Å². The van der Waals surface area contributed by atoms with Gasteiger partial charge in [-0.2, -0.15) is 0 Å². The topological polar surface area (TPSA) is 60.8 Å². The maximum absolute atomic E-state index is 8.23. The van der Waals surface area contributed by atoms with Crippen LogP contribution in [-0.2, 0) is 0 Å². The monoisotopic (exact) mass is 202 g/mol. The minimum absolute atomic E-state index is 0. The van der Waals surface area contributed by atoms with Gasteiger partial charge in [0.05, 0.1) is 0 Å². The second kappa shape index (κ2) is 4.18. The van der Waals surface area contributed by atoms with E-state index in [4.69, 9.17) is 5.53 Å². The third-order valence-electron chi connectivity index (χ3n) is 3.45. The van der Waals surface area contributed by atoms with Gasteiger partial charge in [-0.15, -0.1) is 12.4 Å². The largest absolute Gasteiger partial charge is 0.316 e. The molecule has 0 aromatic carbocycles. The van der Waals surface area contributed by atoms with Gasteiger partial charge in [0.15, 0.2) is 0 Å². The van der Waals surface area contributed by atoms with E-state index >= 15 is 0 Å². The molecule has 1 atom stereocenters. The van der Waals surface area contributed by atoms with Crippen molar-refractivity contribution in [3.8, 4) is 0 Å². The highest BCUT2D eigenvalue weighted by molar-refractivity contribution is 5.85. The summed E-state index contributed by atoms with van der Waals surface area (Å²) >= 11 is 0. The fourth-order valence-electron chi connectivity index (χ4n) is 2.47. The zero-order valence-electron chi connectivity index (χ0n) is 7.57. The standard InChI is InChI=1S/C8H14N4.ClH/c9-12-11-5-7-4-10-6-8(7)2-1-3-8;/h7,10H,1-6H2;1H. The number of azide groups is 1. The van der Waals surface area contributed by atoms with Gasteiger partial charge in [0.1, 0.15) is 0 Å². The molecule has 2 fully saturated rings. The minimum Gasteiger partial charge on any atom is -0.316 e. The minimum atomic E-state index is 0. The molecule has 0 amide bonds. The van der Waals surface area contributed by atoms with Crippen molar-refractivity contribution in [3.63, 3.8) is 0 Å². The van der Waals surface area contributed by atoms with Crippen molar-refractivity contribution in [2.45, 2.75) is 19.3 Å². The molecule has 1 N–H and O–H groups in total. The number of hydrogen-bond donors (Lipinski definition) is 1. The van der Waals surface area contributed by atoms with Gasteiger partial charge < -0.3 is 5.32 Å². The molecule has 1 saturated heterocycles. The molecule has 2 rings (SSSR count). The summed E-state index contributed by atoms with van der Waals surface area (Å²) in [5, 5.41) is 7.06. The lowest BCUT2D eigenvalue weighted by Gasteiger charge is -2.42. The Morgan fingerprint density at radius 3 is 2.85 bits per heavy atom. The predicted molar refractivity (Wildman–Crippen MR) is 53.9 cm³/mol. The summed E-state index contributed by atoms with van der Waals surface area (Å²) in [4.78, 5) is 2.82. The number of rotatable bonds is 2. The molecular formula is C8H15ClN4. The molecule has 1 spiro atoms. The molecular weight excluding hydrogens is 188 g/mol. The maximum Gasteiger partial charge on any atom is 0.0304 e. The van der Waals surface area contributed by atoms with Crippen molar-refractivity contribution in [2.75, 3.05) is 19.6 Å². The molecule has 5 heteroatoms. The molecule has 4 nitrogen and oxygen atoms in total. The van der Waals surface area contributed by atoms with Crippen LogP contribution in [0.4, 0.5) is 0 Å². The second-order valence-electron chi connectivity index (χ2n) is 3.96. The van der Waals surface area contributed by atoms with Gasteiger partial charge in [-0.1, -0.05) is 11.5 Å². The summed E-state index contributed by atoms with van der Waals surface area (Å²) in [6.07, 6.45) is 4.01. The molecule has 0 radical (unpaired) electrons. The Kier molecular flexibility index (Phi) is 3.42. The SMILES string of the molecule is Cl.[N-]=[N+]=NCC1CNCC12CCC2. The normalized spacial score (nSPS) is 28.8. The molecule has 0 aromatic heterocycles. The molecule has 74 valence electrons. The molecule has 1 heterocycles. The van der Waals surface area contributed by atoms with Gasteiger partial charge in [0, 0.05) is 18.0 Å². The summed E-state index contributed by atoms with van der Waals surface area (Å²) in [6, 6.07) is 0. The highest BCUT2D eigenvalue weighted by Crippen LogP contribution is 2.49. The van der Waals surface area contributed by atoms with E-state index in [0.717, 1.165) is 13.1 Å². The molecule has 1 aliphatic carbocycles. The third kappa shape index (κ3) is 1.75. The van der Waals surface area contributed by atoms with E-state index in [2.05, 4.69) is 15.3 Å². The summed E-state index contributed by atoms with van der Waals surface area (Å²) < 4.78 is 0. The summed E-state index contributed by atoms with van der Waals surface area (Å²) in [5.41, 5.74) is 8.73. The van der Waals surface area contributed by atoms with Crippen LogP contribution in [0.2, 0.25) is 0 Å². The van der Waals surface area contributed by atoms with Crippen molar-refractivity contribution in [3.05, 3.63) is 10.4 Å². The Balaban J connectivity index is 0.000000845. The Morgan fingerprint density at radius 2 is 2.31 bits per heavy atom. The van der Waals surface area contributed by atoms with E-state index in [0.29, 0.717) is 17.9 Å². The Bertz CT molecular complexity index is 220. The lowest BCUT2D eigenvalue weighted by Crippen LogP contribution is -2.38. The summed E-state index contributed by atoms with van der Waals surface area (Å²) in [5.74, 6) is 0.599. The molecule has 0 bridgehead atoms. The van der Waals surface area contributed by atoms with Gasteiger partial charge in [0.2, 0.25) is 0 Å². The first-order chi connectivity index (χ1) is 5.87. The molecule has 1 saturated carbocycles. The zero-order valence-corrected chi connectivity index (χ0v) is 8.39. The quantitative estimate of drug-likeness (QED) is 0.416. The van der Waals surface area contributed by atoms with Crippen LogP contribution < -0.4 is 5.32 Å². The average Bonchev–Trinajstić information content (AvgIpc) is 2.42. The van der Waals surface area contributed by atoms with Crippen LogP contribution in [-0.4, -0.2) is 19.6 Å². The second-order valence-corrected chi connectivity index (χ2v) is 3.96. The first kappa shape index (κ1) is 10.6. The molecule has 13 heavy (non-hydrogen) atoms. The number of nitrogens with one attached hydrogen (secondary N) is 1. The average molecular weight is 203 g/mol. The van der Waals surface area contributed by atoms with Crippen molar-refractivity contribution in [1.29, 1.82) is 0 Å². The highest BCUT2D eigenvalue weighted by Gasteiger charge is 2.46. The fourth-order valence-corrected chi connectivity index (χ4v) is 2.47. The van der Waals surface area contributed by atoms with E-state index < -0.39 is 0 Å². The van der Waals surface area contributed by atoms with Crippen LogP contribution in [0.1, 0.15) is 19.3 Å². The van der Waals surface area contributed by atoms with Crippen molar-refractivity contribution in [2.24, 2.45) is 16.4 Å². The Labute approximate surface area is 84.1 Å². The lowest BCUT2D eigenvalue weighted by atomic mass is 9.63. The molecule has 1 unspecified atom stereocenters. The Hall–Kier alpha value is -0.440. The molecule has 0 aromatic rings.